The molecule has 6 heteroatoms. The summed E-state index contributed by atoms with van der Waals surface area (Å²) in [5.41, 5.74) is 0.158. The van der Waals surface area contributed by atoms with E-state index >= 15 is 0 Å². The molecule has 6 nitrogen and oxygen atoms in total. The Balaban J connectivity index is 1.51. The van der Waals surface area contributed by atoms with Crippen molar-refractivity contribution in [2.45, 2.75) is 6.54 Å². The highest BCUT2D eigenvalue weighted by Crippen LogP contribution is 2.34. The Labute approximate surface area is 167 Å². The minimum Gasteiger partial charge on any atom is -0.461 e. The lowest BCUT2D eigenvalue weighted by atomic mass is 9.86. The van der Waals surface area contributed by atoms with Gasteiger partial charge >= 0.3 is 11.9 Å². The van der Waals surface area contributed by atoms with Gasteiger partial charge in [-0.2, -0.15) is 0 Å². The second-order valence-electron chi connectivity index (χ2n) is 7.02. The Morgan fingerprint density at radius 1 is 0.793 bits per heavy atom. The van der Waals surface area contributed by atoms with Crippen LogP contribution in [0.3, 0.4) is 0 Å². The van der Waals surface area contributed by atoms with Gasteiger partial charge in [-0.05, 0) is 36.4 Å². The van der Waals surface area contributed by atoms with Gasteiger partial charge in [0.25, 0.3) is 0 Å². The van der Waals surface area contributed by atoms with E-state index in [0.717, 1.165) is 0 Å². The van der Waals surface area contributed by atoms with Gasteiger partial charge in [0.1, 0.15) is 18.6 Å². The number of hydrogen-bond donors (Lipinski definition) is 0. The number of nitrogens with zero attached hydrogens (tertiary/aromatic N) is 1. The van der Waals surface area contributed by atoms with E-state index in [2.05, 4.69) is 0 Å². The Morgan fingerprint density at radius 2 is 1.31 bits per heavy atom. The van der Waals surface area contributed by atoms with Crippen molar-refractivity contribution in [2.75, 3.05) is 13.2 Å². The summed E-state index contributed by atoms with van der Waals surface area (Å²) >= 11 is 0. The minimum atomic E-state index is -1.15. The minimum absolute atomic E-state index is 0.177. The predicted molar refractivity (Wildman–Crippen MR) is 105 cm³/mol. The third-order valence-corrected chi connectivity index (χ3v) is 4.99. The molecule has 2 heterocycles. The molecule has 1 aromatic heterocycles. The lowest BCUT2D eigenvalue weighted by Gasteiger charge is -2.26. The highest BCUT2D eigenvalue weighted by molar-refractivity contribution is 6.02. The Hall–Kier alpha value is -3.67. The molecule has 3 aromatic rings. The fourth-order valence-electron chi connectivity index (χ4n) is 3.41. The molecule has 2 aromatic carbocycles. The summed E-state index contributed by atoms with van der Waals surface area (Å²) in [5.74, 6) is -1.25. The molecule has 0 N–H and O–H groups in total. The molecule has 1 aliphatic heterocycles. The standard InChI is InChI=1S/C23H19NO5/c25-20-19-12-7-13-24(19)14-23(20,15-28-21(26)17-8-3-1-4-9-17)16-29-22(27)18-10-5-2-6-11-18/h1-13H,14-16H2. The zero-order valence-electron chi connectivity index (χ0n) is 15.6. The van der Waals surface area contributed by atoms with E-state index in [0.29, 0.717) is 16.8 Å². The molecule has 0 saturated heterocycles. The van der Waals surface area contributed by atoms with Crippen molar-refractivity contribution < 1.29 is 23.9 Å². The van der Waals surface area contributed by atoms with Gasteiger partial charge in [0.2, 0.25) is 0 Å². The molecule has 1 aliphatic rings. The topological polar surface area (TPSA) is 74.6 Å². The van der Waals surface area contributed by atoms with E-state index in [1.54, 1.807) is 83.6 Å². The fourth-order valence-corrected chi connectivity index (χ4v) is 3.41. The zero-order chi connectivity index (χ0) is 20.3. The van der Waals surface area contributed by atoms with Crippen molar-refractivity contribution in [2.24, 2.45) is 5.41 Å². The Morgan fingerprint density at radius 3 is 1.79 bits per heavy atom. The molecular weight excluding hydrogens is 370 g/mol. The van der Waals surface area contributed by atoms with Crippen LogP contribution in [0.25, 0.3) is 0 Å². The molecule has 0 amide bonds. The van der Waals surface area contributed by atoms with Gasteiger partial charge in [0, 0.05) is 12.7 Å². The summed E-state index contributed by atoms with van der Waals surface area (Å²) in [6.45, 7) is -0.0784. The third-order valence-electron chi connectivity index (χ3n) is 4.99. The van der Waals surface area contributed by atoms with Crippen molar-refractivity contribution >= 4 is 17.7 Å². The van der Waals surface area contributed by atoms with E-state index in [-0.39, 0.29) is 25.5 Å². The maximum Gasteiger partial charge on any atom is 0.338 e. The normalized spacial score (nSPS) is 14.3. The summed E-state index contributed by atoms with van der Waals surface area (Å²) < 4.78 is 12.7. The average molecular weight is 389 g/mol. The van der Waals surface area contributed by atoms with Crippen LogP contribution >= 0.6 is 0 Å². The first-order valence-corrected chi connectivity index (χ1v) is 9.23. The van der Waals surface area contributed by atoms with Crippen molar-refractivity contribution in [1.29, 1.82) is 0 Å². The molecule has 0 unspecified atom stereocenters. The molecule has 29 heavy (non-hydrogen) atoms. The largest absolute Gasteiger partial charge is 0.461 e. The first-order chi connectivity index (χ1) is 14.1. The number of fused-ring (bicyclic) bond motifs is 1. The molecule has 146 valence electrons. The van der Waals surface area contributed by atoms with Crippen LogP contribution in [0.4, 0.5) is 0 Å². The maximum atomic E-state index is 13.1. The van der Waals surface area contributed by atoms with Gasteiger partial charge in [0.05, 0.1) is 16.8 Å². The number of carbonyl (C=O) groups excluding carboxylic acids is 3. The number of benzene rings is 2. The van der Waals surface area contributed by atoms with Crippen LogP contribution in [0.1, 0.15) is 31.2 Å². The van der Waals surface area contributed by atoms with Gasteiger partial charge in [-0.25, -0.2) is 9.59 Å². The summed E-state index contributed by atoms with van der Waals surface area (Å²) in [6, 6.07) is 20.6. The van der Waals surface area contributed by atoms with Gasteiger partial charge in [-0.15, -0.1) is 0 Å². The molecule has 0 atom stereocenters. The van der Waals surface area contributed by atoms with Crippen molar-refractivity contribution in [3.63, 3.8) is 0 Å². The number of rotatable bonds is 6. The van der Waals surface area contributed by atoms with Crippen molar-refractivity contribution in [3.8, 4) is 0 Å². The first-order valence-electron chi connectivity index (χ1n) is 9.23. The number of hydrogen-bond acceptors (Lipinski definition) is 5. The number of ether oxygens (including phenoxy) is 2. The second-order valence-corrected chi connectivity index (χ2v) is 7.02. The number of esters is 2. The monoisotopic (exact) mass is 389 g/mol. The lowest BCUT2D eigenvalue weighted by molar-refractivity contribution is 0.0000233. The summed E-state index contributed by atoms with van der Waals surface area (Å²) in [7, 11) is 0. The van der Waals surface area contributed by atoms with E-state index < -0.39 is 17.4 Å². The second kappa shape index (κ2) is 7.75. The number of ketones is 1. The van der Waals surface area contributed by atoms with E-state index in [9.17, 15) is 14.4 Å². The molecule has 0 bridgehead atoms. The van der Waals surface area contributed by atoms with Gasteiger partial charge < -0.3 is 14.0 Å². The highest BCUT2D eigenvalue weighted by Gasteiger charge is 2.48. The van der Waals surface area contributed by atoms with Crippen molar-refractivity contribution in [3.05, 3.63) is 95.8 Å². The molecular formula is C23H19NO5. The zero-order valence-corrected chi connectivity index (χ0v) is 15.6. The number of aromatic nitrogens is 1. The average Bonchev–Trinajstić information content (AvgIpc) is 3.33. The first kappa shape index (κ1) is 18.7. The smallest absolute Gasteiger partial charge is 0.338 e. The quantitative estimate of drug-likeness (QED) is 0.604. The van der Waals surface area contributed by atoms with E-state index in [1.165, 1.54) is 0 Å². The van der Waals surface area contributed by atoms with E-state index in [4.69, 9.17) is 9.47 Å². The molecule has 4 rings (SSSR count). The Bertz CT molecular complexity index is 984. The van der Waals surface area contributed by atoms with Gasteiger partial charge in [-0.3, -0.25) is 4.79 Å². The third kappa shape index (κ3) is 3.69. The summed E-state index contributed by atoms with van der Waals surface area (Å²) in [4.78, 5) is 37.8. The number of Topliss-reactive ketones (excluding diaryl/α,β-unsaturated/α-hetero) is 1. The summed E-state index contributed by atoms with van der Waals surface area (Å²) in [6.07, 6.45) is 1.78. The van der Waals surface area contributed by atoms with Crippen molar-refractivity contribution in [1.82, 2.24) is 4.57 Å². The fraction of sp³-hybridized carbons (Fsp3) is 0.174. The molecule has 0 spiro atoms. The lowest BCUT2D eigenvalue weighted by Crippen LogP contribution is -2.40. The van der Waals surface area contributed by atoms with Gasteiger partial charge in [0.15, 0.2) is 5.78 Å². The SMILES string of the molecule is O=C(OCC1(COC(=O)c2ccccc2)Cn2cccc2C1=O)c1ccccc1. The molecule has 0 aliphatic carbocycles. The highest BCUT2D eigenvalue weighted by atomic mass is 16.5. The van der Waals surface area contributed by atoms with Crippen LogP contribution in [-0.2, 0) is 16.0 Å². The Kier molecular flexibility index (Phi) is 4.99. The number of carbonyl (C=O) groups is 3. The van der Waals surface area contributed by atoms with Crippen LogP contribution in [-0.4, -0.2) is 35.5 Å². The predicted octanol–water partition coefficient (Wildman–Crippen LogP) is 3.38. The van der Waals surface area contributed by atoms with Crippen LogP contribution in [0, 0.1) is 5.41 Å². The van der Waals surface area contributed by atoms with Crippen LogP contribution in [0.15, 0.2) is 79.0 Å². The van der Waals surface area contributed by atoms with Crippen LogP contribution in [0.5, 0.6) is 0 Å². The molecule has 0 saturated carbocycles. The van der Waals surface area contributed by atoms with E-state index in [1.807, 2.05) is 0 Å². The summed E-state index contributed by atoms with van der Waals surface area (Å²) in [5, 5.41) is 0. The maximum absolute atomic E-state index is 13.1. The van der Waals surface area contributed by atoms with Gasteiger partial charge in [-0.1, -0.05) is 36.4 Å². The molecule has 0 radical (unpaired) electrons. The van der Waals surface area contributed by atoms with Crippen LogP contribution < -0.4 is 0 Å². The van der Waals surface area contributed by atoms with Crippen LogP contribution in [0.2, 0.25) is 0 Å². The molecule has 0 fully saturated rings.